The average Bonchev–Trinajstić information content (AvgIpc) is 2.92. The van der Waals surface area contributed by atoms with Crippen LogP contribution in [0.3, 0.4) is 0 Å². The molecule has 0 aromatic carbocycles. The third-order valence-corrected chi connectivity index (χ3v) is 2.64. The molecular formula is C10H17N3O. The summed E-state index contributed by atoms with van der Waals surface area (Å²) in [7, 11) is 0. The maximum atomic E-state index is 8.66. The zero-order chi connectivity index (χ0) is 9.80. The molecule has 1 aliphatic rings. The first-order valence-electron chi connectivity index (χ1n) is 5.38. The van der Waals surface area contributed by atoms with Crippen molar-refractivity contribution in [2.45, 2.75) is 38.6 Å². The predicted octanol–water partition coefficient (Wildman–Crippen LogP) is 1.00. The maximum absolute atomic E-state index is 8.66. The second kappa shape index (κ2) is 4.55. The van der Waals surface area contributed by atoms with Crippen LogP contribution in [0.1, 0.15) is 31.4 Å². The van der Waals surface area contributed by atoms with Gasteiger partial charge in [-0.1, -0.05) is 18.1 Å². The van der Waals surface area contributed by atoms with Crippen LogP contribution in [0, 0.1) is 5.92 Å². The molecule has 1 aromatic heterocycles. The summed E-state index contributed by atoms with van der Waals surface area (Å²) in [5.41, 5.74) is 0.995. The summed E-state index contributed by atoms with van der Waals surface area (Å²) in [5, 5.41) is 16.8. The lowest BCUT2D eigenvalue weighted by atomic mass is 10.2. The first kappa shape index (κ1) is 9.65. The third-order valence-electron chi connectivity index (χ3n) is 2.64. The Kier molecular flexibility index (Phi) is 3.14. The van der Waals surface area contributed by atoms with Crippen LogP contribution < -0.4 is 0 Å². The quantitative estimate of drug-likeness (QED) is 0.736. The van der Waals surface area contributed by atoms with E-state index in [1.54, 1.807) is 0 Å². The number of aliphatic hydroxyl groups is 1. The standard InChI is InChI=1S/C10H17N3O/c14-7-1-2-10-8-13(12-11-10)6-5-9-3-4-9/h8-9,14H,1-7H2. The molecule has 0 aliphatic heterocycles. The van der Waals surface area contributed by atoms with Gasteiger partial charge in [0.05, 0.1) is 5.69 Å². The van der Waals surface area contributed by atoms with Crippen molar-refractivity contribution in [3.8, 4) is 0 Å². The lowest BCUT2D eigenvalue weighted by molar-refractivity contribution is 0.288. The SMILES string of the molecule is OCCCc1cn(CCC2CC2)nn1. The van der Waals surface area contributed by atoms with Crippen LogP contribution in [0.5, 0.6) is 0 Å². The molecule has 0 radical (unpaired) electrons. The van der Waals surface area contributed by atoms with Crippen molar-refractivity contribution < 1.29 is 5.11 Å². The van der Waals surface area contributed by atoms with E-state index in [2.05, 4.69) is 10.3 Å². The van der Waals surface area contributed by atoms with E-state index >= 15 is 0 Å². The summed E-state index contributed by atoms with van der Waals surface area (Å²) in [6, 6.07) is 0. The highest BCUT2D eigenvalue weighted by molar-refractivity contribution is 4.92. The molecule has 2 rings (SSSR count). The molecule has 1 heterocycles. The van der Waals surface area contributed by atoms with E-state index in [-0.39, 0.29) is 6.61 Å². The molecule has 0 amide bonds. The van der Waals surface area contributed by atoms with E-state index < -0.39 is 0 Å². The Morgan fingerprint density at radius 2 is 2.36 bits per heavy atom. The molecule has 1 aromatic rings. The van der Waals surface area contributed by atoms with E-state index in [0.717, 1.165) is 31.0 Å². The molecule has 0 unspecified atom stereocenters. The number of aryl methyl sites for hydroxylation is 2. The van der Waals surface area contributed by atoms with E-state index in [9.17, 15) is 0 Å². The normalized spacial score (nSPS) is 16.1. The second-order valence-electron chi connectivity index (χ2n) is 4.03. The summed E-state index contributed by atoms with van der Waals surface area (Å²) < 4.78 is 1.92. The number of hydrogen-bond acceptors (Lipinski definition) is 3. The van der Waals surface area contributed by atoms with Crippen LogP contribution in [0.15, 0.2) is 6.20 Å². The van der Waals surface area contributed by atoms with Gasteiger partial charge in [-0.2, -0.15) is 0 Å². The van der Waals surface area contributed by atoms with Gasteiger partial charge in [0.2, 0.25) is 0 Å². The monoisotopic (exact) mass is 195 g/mol. The number of hydrogen-bond donors (Lipinski definition) is 1. The van der Waals surface area contributed by atoms with Crippen LogP contribution in [0.4, 0.5) is 0 Å². The molecule has 1 N–H and O–H groups in total. The molecule has 14 heavy (non-hydrogen) atoms. The Hall–Kier alpha value is -0.900. The van der Waals surface area contributed by atoms with Crippen molar-refractivity contribution in [2.24, 2.45) is 5.92 Å². The number of aliphatic hydroxyl groups excluding tert-OH is 1. The van der Waals surface area contributed by atoms with Crippen molar-refractivity contribution in [3.63, 3.8) is 0 Å². The van der Waals surface area contributed by atoms with Gasteiger partial charge in [0.25, 0.3) is 0 Å². The molecule has 78 valence electrons. The molecular weight excluding hydrogens is 178 g/mol. The first-order valence-corrected chi connectivity index (χ1v) is 5.38. The summed E-state index contributed by atoms with van der Waals surface area (Å²) in [5.74, 6) is 0.945. The minimum Gasteiger partial charge on any atom is -0.396 e. The van der Waals surface area contributed by atoms with Gasteiger partial charge in [-0.25, -0.2) is 0 Å². The molecule has 0 bridgehead atoms. The Labute approximate surface area is 83.9 Å². The van der Waals surface area contributed by atoms with E-state index in [0.29, 0.717) is 0 Å². The first-order chi connectivity index (χ1) is 6.88. The summed E-state index contributed by atoms with van der Waals surface area (Å²) >= 11 is 0. The van der Waals surface area contributed by atoms with Gasteiger partial charge in [0.15, 0.2) is 0 Å². The topological polar surface area (TPSA) is 50.9 Å². The minimum atomic E-state index is 0.231. The fraction of sp³-hybridized carbons (Fsp3) is 0.800. The fourth-order valence-electron chi connectivity index (χ4n) is 1.54. The van der Waals surface area contributed by atoms with Crippen LogP contribution in [-0.4, -0.2) is 26.7 Å². The Morgan fingerprint density at radius 3 is 3.07 bits per heavy atom. The molecule has 0 atom stereocenters. The van der Waals surface area contributed by atoms with Crippen LogP contribution in [0.2, 0.25) is 0 Å². The van der Waals surface area contributed by atoms with Crippen LogP contribution in [-0.2, 0) is 13.0 Å². The van der Waals surface area contributed by atoms with Crippen LogP contribution >= 0.6 is 0 Å². The largest absolute Gasteiger partial charge is 0.396 e. The molecule has 1 saturated carbocycles. The molecule has 0 spiro atoms. The van der Waals surface area contributed by atoms with Crippen molar-refractivity contribution >= 4 is 0 Å². The van der Waals surface area contributed by atoms with Gasteiger partial charge >= 0.3 is 0 Å². The summed E-state index contributed by atoms with van der Waals surface area (Å²) in [6.45, 7) is 1.23. The van der Waals surface area contributed by atoms with Gasteiger partial charge in [-0.3, -0.25) is 4.68 Å². The Balaban J connectivity index is 1.76. The van der Waals surface area contributed by atoms with Gasteiger partial charge in [0.1, 0.15) is 0 Å². The third kappa shape index (κ3) is 2.80. The van der Waals surface area contributed by atoms with Crippen molar-refractivity contribution in [1.82, 2.24) is 15.0 Å². The van der Waals surface area contributed by atoms with Gasteiger partial charge < -0.3 is 5.11 Å². The van der Waals surface area contributed by atoms with Gasteiger partial charge in [0, 0.05) is 19.3 Å². The fourth-order valence-corrected chi connectivity index (χ4v) is 1.54. The Bertz CT molecular complexity index is 281. The van der Waals surface area contributed by atoms with Gasteiger partial charge in [-0.15, -0.1) is 5.10 Å². The number of rotatable bonds is 6. The van der Waals surface area contributed by atoms with Crippen LogP contribution in [0.25, 0.3) is 0 Å². The highest BCUT2D eigenvalue weighted by Crippen LogP contribution is 2.32. The zero-order valence-corrected chi connectivity index (χ0v) is 8.39. The molecule has 1 aliphatic carbocycles. The molecule has 4 heteroatoms. The predicted molar refractivity (Wildman–Crippen MR) is 52.8 cm³/mol. The average molecular weight is 195 g/mol. The zero-order valence-electron chi connectivity index (χ0n) is 8.39. The van der Waals surface area contributed by atoms with Crippen molar-refractivity contribution in [1.29, 1.82) is 0 Å². The number of aromatic nitrogens is 3. The summed E-state index contributed by atoms with van der Waals surface area (Å²) in [4.78, 5) is 0. The van der Waals surface area contributed by atoms with Crippen molar-refractivity contribution in [3.05, 3.63) is 11.9 Å². The molecule has 1 fully saturated rings. The second-order valence-corrected chi connectivity index (χ2v) is 4.03. The van der Waals surface area contributed by atoms with Gasteiger partial charge in [-0.05, 0) is 25.2 Å². The maximum Gasteiger partial charge on any atom is 0.0828 e. The molecule has 4 nitrogen and oxygen atoms in total. The highest BCUT2D eigenvalue weighted by atomic mass is 16.2. The Morgan fingerprint density at radius 1 is 1.50 bits per heavy atom. The minimum absolute atomic E-state index is 0.231. The molecule has 0 saturated heterocycles. The lowest BCUT2D eigenvalue weighted by Crippen LogP contribution is -1.99. The van der Waals surface area contributed by atoms with E-state index in [4.69, 9.17) is 5.11 Å². The van der Waals surface area contributed by atoms with Crippen molar-refractivity contribution in [2.75, 3.05) is 6.61 Å². The summed E-state index contributed by atoms with van der Waals surface area (Å²) in [6.07, 6.45) is 7.64. The van der Waals surface area contributed by atoms with E-state index in [1.165, 1.54) is 19.3 Å². The lowest BCUT2D eigenvalue weighted by Gasteiger charge is -1.96. The van der Waals surface area contributed by atoms with E-state index in [1.807, 2.05) is 10.9 Å². The smallest absolute Gasteiger partial charge is 0.0828 e. The number of nitrogens with zero attached hydrogens (tertiary/aromatic N) is 3. The highest BCUT2D eigenvalue weighted by Gasteiger charge is 2.20.